The number of hydrogen-bond acceptors (Lipinski definition) is 2. The van der Waals surface area contributed by atoms with Crippen molar-refractivity contribution in [3.63, 3.8) is 0 Å². The normalized spacial score (nSPS) is 10.9. The van der Waals surface area contributed by atoms with Crippen LogP contribution in [0.2, 0.25) is 0 Å². The van der Waals surface area contributed by atoms with Crippen molar-refractivity contribution in [3.05, 3.63) is 66.1 Å². The van der Waals surface area contributed by atoms with Gasteiger partial charge in [-0.05, 0) is 48.5 Å². The molecule has 2 nitrogen and oxygen atoms in total. The van der Waals surface area contributed by atoms with Crippen molar-refractivity contribution in [2.45, 2.75) is 6.54 Å². The molecule has 0 aliphatic heterocycles. The van der Waals surface area contributed by atoms with Gasteiger partial charge in [-0.2, -0.15) is 0 Å². The molecule has 0 saturated carbocycles. The third-order valence-corrected chi connectivity index (χ3v) is 3.33. The van der Waals surface area contributed by atoms with E-state index in [1.54, 1.807) is 12.3 Å². The lowest BCUT2D eigenvalue weighted by Crippen LogP contribution is -2.05. The van der Waals surface area contributed by atoms with E-state index in [9.17, 15) is 4.39 Å². The van der Waals surface area contributed by atoms with Crippen LogP contribution in [0.1, 0.15) is 5.56 Å². The first kappa shape index (κ1) is 12.8. The van der Waals surface area contributed by atoms with Crippen molar-refractivity contribution in [3.8, 4) is 11.1 Å². The fourth-order valence-electron chi connectivity index (χ4n) is 2.35. The van der Waals surface area contributed by atoms with Gasteiger partial charge in [0.1, 0.15) is 5.82 Å². The molecule has 0 spiro atoms. The van der Waals surface area contributed by atoms with E-state index in [2.05, 4.69) is 10.3 Å². The van der Waals surface area contributed by atoms with E-state index in [1.165, 1.54) is 6.07 Å². The highest BCUT2D eigenvalue weighted by atomic mass is 19.1. The van der Waals surface area contributed by atoms with Crippen molar-refractivity contribution in [2.24, 2.45) is 0 Å². The maximum atomic E-state index is 14.1. The summed E-state index contributed by atoms with van der Waals surface area (Å²) >= 11 is 0. The molecule has 20 heavy (non-hydrogen) atoms. The van der Waals surface area contributed by atoms with Gasteiger partial charge in [0.25, 0.3) is 0 Å². The third kappa shape index (κ3) is 2.40. The largest absolute Gasteiger partial charge is 0.316 e. The predicted octanol–water partition coefficient (Wildman–Crippen LogP) is 3.76. The van der Waals surface area contributed by atoms with Crippen LogP contribution in [0.4, 0.5) is 4.39 Å². The van der Waals surface area contributed by atoms with E-state index in [0.29, 0.717) is 5.56 Å². The zero-order chi connectivity index (χ0) is 13.9. The minimum absolute atomic E-state index is 0.201. The summed E-state index contributed by atoms with van der Waals surface area (Å²) in [5.41, 5.74) is 3.49. The van der Waals surface area contributed by atoms with Crippen LogP contribution in [-0.2, 0) is 6.54 Å². The number of fused-ring (bicyclic) bond motifs is 1. The molecule has 0 saturated heterocycles. The third-order valence-electron chi connectivity index (χ3n) is 3.33. The highest BCUT2D eigenvalue weighted by Crippen LogP contribution is 2.26. The van der Waals surface area contributed by atoms with Gasteiger partial charge in [0.15, 0.2) is 0 Å². The molecular weight excluding hydrogens is 251 g/mol. The molecule has 0 unspecified atom stereocenters. The molecule has 0 aliphatic rings. The van der Waals surface area contributed by atoms with Gasteiger partial charge < -0.3 is 5.32 Å². The van der Waals surface area contributed by atoms with Crippen molar-refractivity contribution >= 4 is 10.9 Å². The number of benzene rings is 2. The Kier molecular flexibility index (Phi) is 3.44. The highest BCUT2D eigenvalue weighted by Gasteiger charge is 2.07. The Hall–Kier alpha value is -2.26. The van der Waals surface area contributed by atoms with Gasteiger partial charge in [-0.15, -0.1) is 0 Å². The molecule has 0 radical (unpaired) electrons. The maximum Gasteiger partial charge on any atom is 0.131 e. The number of pyridine rings is 1. The first-order valence-electron chi connectivity index (χ1n) is 6.56. The molecule has 0 atom stereocenters. The van der Waals surface area contributed by atoms with Crippen molar-refractivity contribution in [1.29, 1.82) is 0 Å². The average Bonchev–Trinajstić information content (AvgIpc) is 2.49. The summed E-state index contributed by atoms with van der Waals surface area (Å²) in [6.45, 7) is 0.725. The summed E-state index contributed by atoms with van der Waals surface area (Å²) in [6, 6.07) is 14.9. The zero-order valence-corrected chi connectivity index (χ0v) is 11.2. The molecule has 0 bridgehead atoms. The molecule has 0 fully saturated rings. The molecule has 1 aromatic heterocycles. The number of aromatic nitrogens is 1. The average molecular weight is 266 g/mol. The molecule has 1 N–H and O–H groups in total. The molecular formula is C17H15FN2. The quantitative estimate of drug-likeness (QED) is 0.780. The molecule has 100 valence electrons. The zero-order valence-electron chi connectivity index (χ0n) is 11.2. The Morgan fingerprint density at radius 2 is 2.00 bits per heavy atom. The summed E-state index contributed by atoms with van der Waals surface area (Å²) < 4.78 is 14.1. The second kappa shape index (κ2) is 5.39. The van der Waals surface area contributed by atoms with Gasteiger partial charge in [-0.1, -0.05) is 18.2 Å². The number of nitrogens with zero attached hydrogens (tertiary/aromatic N) is 1. The van der Waals surface area contributed by atoms with E-state index < -0.39 is 0 Å². The van der Waals surface area contributed by atoms with Gasteiger partial charge in [-0.3, -0.25) is 4.98 Å². The minimum Gasteiger partial charge on any atom is -0.316 e. The van der Waals surface area contributed by atoms with Crippen LogP contribution in [0.5, 0.6) is 0 Å². The Morgan fingerprint density at radius 3 is 2.85 bits per heavy atom. The van der Waals surface area contributed by atoms with Gasteiger partial charge in [0, 0.05) is 23.7 Å². The van der Waals surface area contributed by atoms with Crippen LogP contribution in [0.3, 0.4) is 0 Å². The van der Waals surface area contributed by atoms with Gasteiger partial charge in [0.2, 0.25) is 0 Å². The first-order chi connectivity index (χ1) is 9.78. The lowest BCUT2D eigenvalue weighted by molar-refractivity contribution is 0.630. The van der Waals surface area contributed by atoms with E-state index in [4.69, 9.17) is 0 Å². The Bertz CT molecular complexity index is 753. The van der Waals surface area contributed by atoms with Gasteiger partial charge >= 0.3 is 0 Å². The Balaban J connectivity index is 2.12. The fourth-order valence-corrected chi connectivity index (χ4v) is 2.35. The first-order valence-corrected chi connectivity index (χ1v) is 6.56. The fraction of sp³-hybridized carbons (Fsp3) is 0.118. The second-order valence-electron chi connectivity index (χ2n) is 4.76. The highest BCUT2D eigenvalue weighted by molar-refractivity contribution is 5.84. The van der Waals surface area contributed by atoms with Crippen molar-refractivity contribution < 1.29 is 4.39 Å². The van der Waals surface area contributed by atoms with Gasteiger partial charge in [-0.25, -0.2) is 4.39 Å². The SMILES string of the molecule is CNCc1ccc(F)c(-c2ccc3ncccc3c2)c1. The Labute approximate surface area is 117 Å². The number of nitrogens with one attached hydrogen (secondary N) is 1. The summed E-state index contributed by atoms with van der Waals surface area (Å²) in [6.07, 6.45) is 1.76. The molecule has 1 heterocycles. The van der Waals surface area contributed by atoms with E-state index in [1.807, 2.05) is 43.4 Å². The molecule has 3 rings (SSSR count). The number of hydrogen-bond donors (Lipinski definition) is 1. The summed E-state index contributed by atoms with van der Waals surface area (Å²) in [5, 5.41) is 4.10. The van der Waals surface area contributed by atoms with Crippen LogP contribution in [0.15, 0.2) is 54.7 Å². The molecule has 3 heteroatoms. The van der Waals surface area contributed by atoms with Crippen LogP contribution in [-0.4, -0.2) is 12.0 Å². The van der Waals surface area contributed by atoms with Crippen molar-refractivity contribution in [1.82, 2.24) is 10.3 Å². The summed E-state index contributed by atoms with van der Waals surface area (Å²) in [7, 11) is 1.88. The minimum atomic E-state index is -0.201. The van der Waals surface area contributed by atoms with E-state index in [0.717, 1.165) is 28.6 Å². The topological polar surface area (TPSA) is 24.9 Å². The number of halogens is 1. The molecule has 2 aromatic carbocycles. The summed E-state index contributed by atoms with van der Waals surface area (Å²) in [4.78, 5) is 4.28. The molecule has 3 aromatic rings. The molecule has 0 aliphatic carbocycles. The smallest absolute Gasteiger partial charge is 0.131 e. The lowest BCUT2D eigenvalue weighted by Gasteiger charge is -2.08. The predicted molar refractivity (Wildman–Crippen MR) is 79.9 cm³/mol. The number of rotatable bonds is 3. The van der Waals surface area contributed by atoms with Crippen molar-refractivity contribution in [2.75, 3.05) is 7.05 Å². The van der Waals surface area contributed by atoms with Crippen LogP contribution >= 0.6 is 0 Å². The maximum absolute atomic E-state index is 14.1. The van der Waals surface area contributed by atoms with Crippen LogP contribution in [0, 0.1) is 5.82 Å². The standard InChI is InChI=1S/C17H15FN2/c1-19-11-12-4-6-16(18)15(9-12)13-5-7-17-14(10-13)3-2-8-20-17/h2-10,19H,11H2,1H3. The Morgan fingerprint density at radius 1 is 1.10 bits per heavy atom. The molecule has 0 amide bonds. The van der Waals surface area contributed by atoms with Gasteiger partial charge in [0.05, 0.1) is 5.52 Å². The van der Waals surface area contributed by atoms with E-state index in [-0.39, 0.29) is 5.82 Å². The van der Waals surface area contributed by atoms with Crippen LogP contribution in [0.25, 0.3) is 22.0 Å². The van der Waals surface area contributed by atoms with Crippen LogP contribution < -0.4 is 5.32 Å². The lowest BCUT2D eigenvalue weighted by atomic mass is 10.0. The second-order valence-corrected chi connectivity index (χ2v) is 4.76. The summed E-state index contributed by atoms with van der Waals surface area (Å²) in [5.74, 6) is -0.201. The monoisotopic (exact) mass is 266 g/mol. The van der Waals surface area contributed by atoms with E-state index >= 15 is 0 Å².